The molecule has 0 aliphatic heterocycles. The molecule has 4 nitrogen and oxygen atoms in total. The molecule has 0 unspecified atom stereocenters. The van der Waals surface area contributed by atoms with Crippen LogP contribution in [-0.2, 0) is 19.1 Å². The van der Waals surface area contributed by atoms with Crippen LogP contribution >= 0.6 is 0 Å². The number of allylic oxidation sites excluding steroid dienone is 1. The lowest BCUT2D eigenvalue weighted by Crippen LogP contribution is -1.98. The summed E-state index contributed by atoms with van der Waals surface area (Å²) in [4.78, 5) is 21.3. The van der Waals surface area contributed by atoms with Gasteiger partial charge in [-0.1, -0.05) is 11.8 Å². The van der Waals surface area contributed by atoms with Crippen molar-refractivity contribution in [3.05, 3.63) is 12.2 Å². The number of ether oxygens (including phenoxy) is 2. The highest BCUT2D eigenvalue weighted by atomic mass is 16.5. The maximum absolute atomic E-state index is 10.7. The van der Waals surface area contributed by atoms with Crippen LogP contribution in [0.5, 0.6) is 0 Å². The molecule has 0 radical (unpaired) electrons. The minimum Gasteiger partial charge on any atom is -0.469 e. The number of unbranched alkanes of at least 4 members (excludes halogenated alkanes) is 1. The molecule has 82 valence electrons. The highest BCUT2D eigenvalue weighted by Gasteiger charge is 1.96. The van der Waals surface area contributed by atoms with E-state index >= 15 is 0 Å². The lowest BCUT2D eigenvalue weighted by atomic mass is 10.2. The largest absolute Gasteiger partial charge is 0.469 e. The minimum atomic E-state index is -0.432. The van der Waals surface area contributed by atoms with Gasteiger partial charge in [0.2, 0.25) is 0 Å². The Morgan fingerprint density at radius 1 is 1.27 bits per heavy atom. The molecule has 0 N–H and O–H groups in total. The van der Waals surface area contributed by atoms with Gasteiger partial charge in [-0.25, -0.2) is 4.79 Å². The molecule has 15 heavy (non-hydrogen) atoms. The van der Waals surface area contributed by atoms with Gasteiger partial charge in [-0.05, 0) is 12.5 Å². The lowest BCUT2D eigenvalue weighted by molar-refractivity contribution is -0.140. The van der Waals surface area contributed by atoms with Crippen molar-refractivity contribution in [2.45, 2.75) is 19.3 Å². The van der Waals surface area contributed by atoms with Crippen molar-refractivity contribution in [3.8, 4) is 11.8 Å². The van der Waals surface area contributed by atoms with Crippen LogP contribution in [0.15, 0.2) is 12.2 Å². The van der Waals surface area contributed by atoms with Crippen LogP contribution in [0, 0.1) is 11.8 Å². The second-order valence-corrected chi connectivity index (χ2v) is 2.61. The first-order valence-electron chi connectivity index (χ1n) is 4.50. The van der Waals surface area contributed by atoms with Gasteiger partial charge >= 0.3 is 11.9 Å². The molecule has 0 fully saturated rings. The quantitative estimate of drug-likeness (QED) is 0.301. The molecule has 0 atom stereocenters. The van der Waals surface area contributed by atoms with E-state index < -0.39 is 5.97 Å². The van der Waals surface area contributed by atoms with Crippen molar-refractivity contribution in [2.75, 3.05) is 14.2 Å². The van der Waals surface area contributed by atoms with Crippen molar-refractivity contribution >= 4 is 11.9 Å². The van der Waals surface area contributed by atoms with Crippen molar-refractivity contribution in [3.63, 3.8) is 0 Å². The molecule has 4 heteroatoms. The Kier molecular flexibility index (Phi) is 7.79. The van der Waals surface area contributed by atoms with Crippen molar-refractivity contribution < 1.29 is 19.1 Å². The summed E-state index contributed by atoms with van der Waals surface area (Å²) in [5.41, 5.74) is 0. The first-order valence-corrected chi connectivity index (χ1v) is 4.50. The zero-order chi connectivity index (χ0) is 11.5. The fraction of sp³-hybridized carbons (Fsp3) is 0.455. The van der Waals surface area contributed by atoms with E-state index in [-0.39, 0.29) is 5.97 Å². The average Bonchev–Trinajstić information content (AvgIpc) is 2.26. The molecule has 0 bridgehead atoms. The summed E-state index contributed by atoms with van der Waals surface area (Å²) in [5, 5.41) is 0. The molecular formula is C11H14O4. The third-order valence-corrected chi connectivity index (χ3v) is 1.52. The van der Waals surface area contributed by atoms with Gasteiger partial charge in [-0.3, -0.25) is 4.79 Å². The highest BCUT2D eigenvalue weighted by molar-refractivity contribution is 5.82. The number of hydrogen-bond donors (Lipinski definition) is 0. The normalized spacial score (nSPS) is 9.20. The van der Waals surface area contributed by atoms with Gasteiger partial charge in [0.15, 0.2) is 0 Å². The number of carbonyl (C=O) groups excluding carboxylic acids is 2. The SMILES string of the molecule is COC(=O)/C=C/C#CCCCC(=O)OC. The summed E-state index contributed by atoms with van der Waals surface area (Å²) in [6, 6.07) is 0. The average molecular weight is 210 g/mol. The van der Waals surface area contributed by atoms with E-state index in [1.807, 2.05) is 0 Å². The Bertz CT molecular complexity index is 293. The molecule has 0 amide bonds. The van der Waals surface area contributed by atoms with Crippen molar-refractivity contribution in [1.82, 2.24) is 0 Å². The first kappa shape index (κ1) is 13.2. The fourth-order valence-electron chi connectivity index (χ4n) is 0.732. The molecule has 0 rings (SSSR count). The second-order valence-electron chi connectivity index (χ2n) is 2.61. The number of rotatable bonds is 4. The van der Waals surface area contributed by atoms with Crippen LogP contribution < -0.4 is 0 Å². The third-order valence-electron chi connectivity index (χ3n) is 1.52. The van der Waals surface area contributed by atoms with Crippen LogP contribution in [-0.4, -0.2) is 26.2 Å². The van der Waals surface area contributed by atoms with Gasteiger partial charge in [0.05, 0.1) is 14.2 Å². The summed E-state index contributed by atoms with van der Waals surface area (Å²) >= 11 is 0. The Labute approximate surface area is 89.2 Å². The summed E-state index contributed by atoms with van der Waals surface area (Å²) in [6.07, 6.45) is 4.29. The molecule has 0 saturated carbocycles. The Morgan fingerprint density at radius 3 is 2.60 bits per heavy atom. The van der Waals surface area contributed by atoms with Crippen LogP contribution in [0.25, 0.3) is 0 Å². The number of hydrogen-bond acceptors (Lipinski definition) is 4. The predicted octanol–water partition coefficient (Wildman–Crippen LogP) is 1.06. The number of carbonyl (C=O) groups is 2. The summed E-state index contributed by atoms with van der Waals surface area (Å²) in [7, 11) is 2.66. The van der Waals surface area contributed by atoms with E-state index in [1.54, 1.807) is 0 Å². The summed E-state index contributed by atoms with van der Waals surface area (Å²) in [5.74, 6) is 4.78. The smallest absolute Gasteiger partial charge is 0.331 e. The molecule has 0 aliphatic rings. The molecule has 0 aromatic carbocycles. The zero-order valence-electron chi connectivity index (χ0n) is 8.91. The minimum absolute atomic E-state index is 0.234. The zero-order valence-corrected chi connectivity index (χ0v) is 8.91. The summed E-state index contributed by atoms with van der Waals surface area (Å²) in [6.45, 7) is 0. The second kappa shape index (κ2) is 8.82. The van der Waals surface area contributed by atoms with E-state index in [9.17, 15) is 9.59 Å². The van der Waals surface area contributed by atoms with E-state index in [0.29, 0.717) is 19.3 Å². The Morgan fingerprint density at radius 2 is 2.00 bits per heavy atom. The van der Waals surface area contributed by atoms with Gasteiger partial charge in [0.1, 0.15) is 0 Å². The molecule has 0 saturated heterocycles. The van der Waals surface area contributed by atoms with Gasteiger partial charge in [0, 0.05) is 18.9 Å². The first-order chi connectivity index (χ1) is 7.20. The molecule has 0 aromatic rings. The number of methoxy groups -OCH3 is 2. The topological polar surface area (TPSA) is 52.6 Å². The number of esters is 2. The Balaban J connectivity index is 3.59. The molecular weight excluding hydrogens is 196 g/mol. The molecule has 0 aromatic heterocycles. The van der Waals surface area contributed by atoms with E-state index in [2.05, 4.69) is 21.3 Å². The Hall–Kier alpha value is -1.76. The van der Waals surface area contributed by atoms with Crippen LogP contribution in [0.2, 0.25) is 0 Å². The van der Waals surface area contributed by atoms with Crippen LogP contribution in [0.3, 0.4) is 0 Å². The molecule has 0 aliphatic carbocycles. The van der Waals surface area contributed by atoms with Gasteiger partial charge in [-0.15, -0.1) is 0 Å². The van der Waals surface area contributed by atoms with E-state index in [4.69, 9.17) is 0 Å². The van der Waals surface area contributed by atoms with E-state index in [0.717, 1.165) is 0 Å². The van der Waals surface area contributed by atoms with Crippen molar-refractivity contribution in [1.29, 1.82) is 0 Å². The fourth-order valence-corrected chi connectivity index (χ4v) is 0.732. The van der Waals surface area contributed by atoms with Crippen molar-refractivity contribution in [2.24, 2.45) is 0 Å². The van der Waals surface area contributed by atoms with Crippen LogP contribution in [0.4, 0.5) is 0 Å². The highest BCUT2D eigenvalue weighted by Crippen LogP contribution is 1.95. The maximum Gasteiger partial charge on any atom is 0.331 e. The standard InChI is InChI=1S/C11H14O4/c1-14-10(12)8-6-4-3-5-7-9-11(13)15-2/h7,9H,4,6,8H2,1-2H3/b9-7+. The molecule has 0 heterocycles. The van der Waals surface area contributed by atoms with Crippen LogP contribution in [0.1, 0.15) is 19.3 Å². The van der Waals surface area contributed by atoms with Gasteiger partial charge < -0.3 is 9.47 Å². The predicted molar refractivity (Wildman–Crippen MR) is 54.8 cm³/mol. The molecule has 0 spiro atoms. The third kappa shape index (κ3) is 8.57. The van der Waals surface area contributed by atoms with Gasteiger partial charge in [0.25, 0.3) is 0 Å². The van der Waals surface area contributed by atoms with Gasteiger partial charge in [-0.2, -0.15) is 0 Å². The maximum atomic E-state index is 10.7. The van der Waals surface area contributed by atoms with E-state index in [1.165, 1.54) is 26.4 Å². The lowest BCUT2D eigenvalue weighted by Gasteiger charge is -1.93. The monoisotopic (exact) mass is 210 g/mol. The summed E-state index contributed by atoms with van der Waals surface area (Å²) < 4.78 is 8.83.